The zero-order valence-corrected chi connectivity index (χ0v) is 17.4. The largest absolute Gasteiger partial charge is 0.465 e. The van der Waals surface area contributed by atoms with Crippen LogP contribution in [0.25, 0.3) is 5.57 Å². The number of nitrogens with one attached hydrogen (secondary N) is 1. The molecular weight excluding hydrogens is 441 g/mol. The van der Waals surface area contributed by atoms with Crippen molar-refractivity contribution in [3.05, 3.63) is 67.6 Å². The van der Waals surface area contributed by atoms with Crippen LogP contribution in [0.15, 0.2) is 40.9 Å². The maximum absolute atomic E-state index is 12.4. The van der Waals surface area contributed by atoms with Crippen LogP contribution in [0.2, 0.25) is 10.0 Å². The molecule has 1 amide bonds. The van der Waals surface area contributed by atoms with E-state index in [1.807, 2.05) is 0 Å². The number of ether oxygens (including phenoxy) is 1. The highest BCUT2D eigenvalue weighted by atomic mass is 79.9. The maximum atomic E-state index is 12.4. The molecule has 7 heteroatoms. The van der Waals surface area contributed by atoms with Gasteiger partial charge in [0.1, 0.15) is 0 Å². The molecule has 0 heterocycles. The number of carbonyl (C=O) groups excluding carboxylic acids is 2. The zero-order valence-electron chi connectivity index (χ0n) is 14.3. The number of carbonyl (C=O) groups is 2. The Hall–Kier alpha value is -1.82. The second kappa shape index (κ2) is 8.71. The minimum atomic E-state index is -0.533. The van der Waals surface area contributed by atoms with Gasteiger partial charge >= 0.3 is 5.97 Å². The summed E-state index contributed by atoms with van der Waals surface area (Å²) in [6, 6.07) is 8.54. The van der Waals surface area contributed by atoms with Crippen LogP contribution in [0.1, 0.15) is 28.4 Å². The SMILES string of the molecule is COC(=O)c1cc(Br)cc(C)c1NC(=O)/C=C(/C)c1ccc(Cl)c(Cl)c1. The van der Waals surface area contributed by atoms with Crippen molar-refractivity contribution in [3.8, 4) is 0 Å². The molecule has 2 rings (SSSR count). The minimum absolute atomic E-state index is 0.272. The highest BCUT2D eigenvalue weighted by molar-refractivity contribution is 9.10. The lowest BCUT2D eigenvalue weighted by atomic mass is 10.1. The summed E-state index contributed by atoms with van der Waals surface area (Å²) >= 11 is 15.3. The number of hydrogen-bond donors (Lipinski definition) is 1. The van der Waals surface area contributed by atoms with E-state index in [1.54, 1.807) is 44.2 Å². The molecule has 0 aliphatic carbocycles. The van der Waals surface area contributed by atoms with Gasteiger partial charge in [-0.2, -0.15) is 0 Å². The van der Waals surface area contributed by atoms with Gasteiger partial charge in [0.25, 0.3) is 0 Å². The van der Waals surface area contributed by atoms with Crippen molar-refractivity contribution in [2.24, 2.45) is 0 Å². The molecular formula is C19H16BrCl2NO3. The topological polar surface area (TPSA) is 55.4 Å². The van der Waals surface area contributed by atoms with Crippen molar-refractivity contribution >= 4 is 62.3 Å². The van der Waals surface area contributed by atoms with Crippen LogP contribution in [-0.4, -0.2) is 19.0 Å². The van der Waals surface area contributed by atoms with Crippen LogP contribution in [0.4, 0.5) is 5.69 Å². The van der Waals surface area contributed by atoms with Gasteiger partial charge in [0, 0.05) is 10.5 Å². The molecule has 0 aromatic heterocycles. The molecule has 1 N–H and O–H groups in total. The first-order chi connectivity index (χ1) is 12.2. The maximum Gasteiger partial charge on any atom is 0.340 e. The number of allylic oxidation sites excluding steroid dienone is 1. The number of methoxy groups -OCH3 is 1. The summed E-state index contributed by atoms with van der Waals surface area (Å²) in [7, 11) is 1.29. The molecule has 2 aromatic rings. The Kier molecular flexibility index (Phi) is 6.87. The fourth-order valence-electron chi connectivity index (χ4n) is 2.36. The summed E-state index contributed by atoms with van der Waals surface area (Å²) in [6.45, 7) is 3.58. The van der Waals surface area contributed by atoms with Gasteiger partial charge < -0.3 is 10.1 Å². The normalized spacial score (nSPS) is 11.2. The van der Waals surface area contributed by atoms with Crippen molar-refractivity contribution in [1.82, 2.24) is 0 Å². The second-order valence-corrected chi connectivity index (χ2v) is 7.31. The zero-order chi connectivity index (χ0) is 19.4. The summed E-state index contributed by atoms with van der Waals surface area (Å²) < 4.78 is 5.51. The highest BCUT2D eigenvalue weighted by Crippen LogP contribution is 2.28. The summed E-state index contributed by atoms with van der Waals surface area (Å²) in [5.74, 6) is -0.904. The number of amides is 1. The van der Waals surface area contributed by atoms with E-state index in [1.165, 1.54) is 13.2 Å². The third kappa shape index (κ3) is 4.87. The Bertz CT molecular complexity index is 910. The van der Waals surface area contributed by atoms with E-state index in [0.29, 0.717) is 21.3 Å². The molecule has 0 saturated carbocycles. The average molecular weight is 457 g/mol. The van der Waals surface area contributed by atoms with Crippen molar-refractivity contribution < 1.29 is 14.3 Å². The van der Waals surface area contributed by atoms with Crippen molar-refractivity contribution in [3.63, 3.8) is 0 Å². The number of hydrogen-bond acceptors (Lipinski definition) is 3. The molecule has 0 bridgehead atoms. The number of aryl methyl sites for hydroxylation is 1. The van der Waals surface area contributed by atoms with Crippen LogP contribution < -0.4 is 5.32 Å². The summed E-state index contributed by atoms with van der Waals surface area (Å²) in [6.07, 6.45) is 1.43. The van der Waals surface area contributed by atoms with Crippen LogP contribution in [0, 0.1) is 6.92 Å². The summed E-state index contributed by atoms with van der Waals surface area (Å²) in [4.78, 5) is 24.4. The fourth-order valence-corrected chi connectivity index (χ4v) is 3.23. The predicted molar refractivity (Wildman–Crippen MR) is 109 cm³/mol. The van der Waals surface area contributed by atoms with Gasteiger partial charge in [-0.05, 0) is 54.8 Å². The molecule has 0 spiro atoms. The summed E-state index contributed by atoms with van der Waals surface area (Å²) in [5.41, 5.74) is 2.89. The number of esters is 1. The first-order valence-corrected chi connectivity index (χ1v) is 9.11. The highest BCUT2D eigenvalue weighted by Gasteiger charge is 2.17. The third-order valence-electron chi connectivity index (χ3n) is 3.68. The molecule has 0 aliphatic heterocycles. The van der Waals surface area contributed by atoms with Gasteiger partial charge in [0.2, 0.25) is 5.91 Å². The van der Waals surface area contributed by atoms with Crippen LogP contribution in [0.3, 0.4) is 0 Å². The number of halogens is 3. The number of rotatable bonds is 4. The van der Waals surface area contributed by atoms with E-state index >= 15 is 0 Å². The van der Waals surface area contributed by atoms with E-state index in [9.17, 15) is 9.59 Å². The van der Waals surface area contributed by atoms with Crippen LogP contribution >= 0.6 is 39.1 Å². The second-order valence-electron chi connectivity index (χ2n) is 5.58. The molecule has 0 radical (unpaired) electrons. The lowest BCUT2D eigenvalue weighted by Crippen LogP contribution is -2.15. The smallest absolute Gasteiger partial charge is 0.340 e. The standard InChI is InChI=1S/C19H16BrCl2NO3/c1-10(12-4-5-15(21)16(22)8-12)7-17(24)23-18-11(2)6-13(20)9-14(18)19(25)26-3/h4-9H,1-3H3,(H,23,24)/b10-7-. The van der Waals surface area contributed by atoms with E-state index in [0.717, 1.165) is 15.6 Å². The van der Waals surface area contributed by atoms with E-state index in [2.05, 4.69) is 21.2 Å². The molecule has 0 aliphatic rings. The Labute approximate surface area is 170 Å². The molecule has 2 aromatic carbocycles. The number of anilines is 1. The van der Waals surface area contributed by atoms with Gasteiger partial charge in [0.15, 0.2) is 0 Å². The Morgan fingerprint density at radius 2 is 1.85 bits per heavy atom. The quantitative estimate of drug-likeness (QED) is 0.460. The average Bonchev–Trinajstić information content (AvgIpc) is 2.58. The molecule has 0 unspecified atom stereocenters. The fraction of sp³-hybridized carbons (Fsp3) is 0.158. The lowest BCUT2D eigenvalue weighted by molar-refractivity contribution is -0.111. The van der Waals surface area contributed by atoms with E-state index < -0.39 is 5.97 Å². The van der Waals surface area contributed by atoms with Gasteiger partial charge in [-0.1, -0.05) is 45.2 Å². The molecule has 0 saturated heterocycles. The number of benzene rings is 2. The van der Waals surface area contributed by atoms with Gasteiger partial charge in [-0.15, -0.1) is 0 Å². The van der Waals surface area contributed by atoms with Gasteiger partial charge in [-0.25, -0.2) is 4.79 Å². The summed E-state index contributed by atoms with van der Waals surface area (Å²) in [5, 5.41) is 3.61. The molecule has 0 atom stereocenters. The molecule has 26 heavy (non-hydrogen) atoms. The van der Waals surface area contributed by atoms with Crippen LogP contribution in [-0.2, 0) is 9.53 Å². The monoisotopic (exact) mass is 455 g/mol. The van der Waals surface area contributed by atoms with Gasteiger partial charge in [0.05, 0.1) is 28.4 Å². The van der Waals surface area contributed by atoms with Crippen molar-refractivity contribution in [1.29, 1.82) is 0 Å². The predicted octanol–water partition coefficient (Wildman–Crippen LogP) is 5.89. The molecule has 4 nitrogen and oxygen atoms in total. The minimum Gasteiger partial charge on any atom is -0.465 e. The van der Waals surface area contributed by atoms with E-state index in [-0.39, 0.29) is 11.5 Å². The molecule has 136 valence electrons. The lowest BCUT2D eigenvalue weighted by Gasteiger charge is -2.13. The van der Waals surface area contributed by atoms with Gasteiger partial charge in [-0.3, -0.25) is 4.79 Å². The Balaban J connectivity index is 2.32. The van der Waals surface area contributed by atoms with E-state index in [4.69, 9.17) is 27.9 Å². The van der Waals surface area contributed by atoms with Crippen LogP contribution in [0.5, 0.6) is 0 Å². The first-order valence-electron chi connectivity index (χ1n) is 7.56. The molecule has 0 fully saturated rings. The van der Waals surface area contributed by atoms with Crippen molar-refractivity contribution in [2.75, 3.05) is 12.4 Å². The third-order valence-corrected chi connectivity index (χ3v) is 4.87. The first kappa shape index (κ1) is 20.5. The van der Waals surface area contributed by atoms with Crippen molar-refractivity contribution in [2.45, 2.75) is 13.8 Å². The Morgan fingerprint density at radius 1 is 1.15 bits per heavy atom. The Morgan fingerprint density at radius 3 is 2.46 bits per heavy atom.